The van der Waals surface area contributed by atoms with Crippen molar-refractivity contribution < 1.29 is 14.3 Å². The number of anilines is 1. The maximum absolute atomic E-state index is 11.9. The minimum Gasteiger partial charge on any atom is -0.456 e. The molecule has 1 aromatic rings. The van der Waals surface area contributed by atoms with Gasteiger partial charge < -0.3 is 10.1 Å². The molecule has 1 N–H and O–H groups in total. The third-order valence-electron chi connectivity index (χ3n) is 4.90. The lowest BCUT2D eigenvalue weighted by molar-refractivity contribution is -0.148. The summed E-state index contributed by atoms with van der Waals surface area (Å²) in [4.78, 5) is 23.8. The maximum Gasteiger partial charge on any atom is 0.306 e. The lowest BCUT2D eigenvalue weighted by Crippen LogP contribution is -2.23. The second kappa shape index (κ2) is 7.10. The Morgan fingerprint density at radius 1 is 1.22 bits per heavy atom. The predicted octanol–water partition coefficient (Wildman–Crippen LogP) is 4.30. The highest BCUT2D eigenvalue weighted by Gasteiger charge is 2.40. The SMILES string of the molecule is O=C(COC(=O)C[C@@H]1C[C@H]2CC[C@H]1C2)Nc1cccc(Cl)c1Cl. The van der Waals surface area contributed by atoms with Gasteiger partial charge in [0.2, 0.25) is 0 Å². The van der Waals surface area contributed by atoms with Gasteiger partial charge >= 0.3 is 5.97 Å². The van der Waals surface area contributed by atoms with Crippen LogP contribution in [0.1, 0.15) is 32.1 Å². The van der Waals surface area contributed by atoms with Crippen LogP contribution in [0, 0.1) is 17.8 Å². The lowest BCUT2D eigenvalue weighted by atomic mass is 9.86. The Kier molecular flexibility index (Phi) is 5.12. The molecule has 3 rings (SSSR count). The molecule has 0 saturated heterocycles. The van der Waals surface area contributed by atoms with Gasteiger partial charge in [0, 0.05) is 6.42 Å². The molecule has 2 fully saturated rings. The van der Waals surface area contributed by atoms with Gasteiger partial charge in [-0.25, -0.2) is 0 Å². The van der Waals surface area contributed by atoms with Gasteiger partial charge in [-0.2, -0.15) is 0 Å². The summed E-state index contributed by atoms with van der Waals surface area (Å²) < 4.78 is 5.09. The second-order valence-electron chi connectivity index (χ2n) is 6.45. The van der Waals surface area contributed by atoms with E-state index in [0.717, 1.165) is 12.3 Å². The monoisotopic (exact) mass is 355 g/mol. The molecule has 2 aliphatic rings. The van der Waals surface area contributed by atoms with Crippen LogP contribution in [-0.4, -0.2) is 18.5 Å². The van der Waals surface area contributed by atoms with Gasteiger partial charge in [-0.3, -0.25) is 9.59 Å². The minimum absolute atomic E-state index is 0.274. The number of hydrogen-bond acceptors (Lipinski definition) is 3. The number of benzene rings is 1. The summed E-state index contributed by atoms with van der Waals surface area (Å²) in [5.41, 5.74) is 0.410. The number of hydrogen-bond donors (Lipinski definition) is 1. The minimum atomic E-state index is -0.421. The highest BCUT2D eigenvalue weighted by molar-refractivity contribution is 6.43. The summed E-state index contributed by atoms with van der Waals surface area (Å²) in [6.07, 6.45) is 5.34. The molecule has 0 aliphatic heterocycles. The number of amides is 1. The molecule has 0 aromatic heterocycles. The van der Waals surface area contributed by atoms with Gasteiger partial charge in [0.15, 0.2) is 6.61 Å². The molecule has 1 amide bonds. The van der Waals surface area contributed by atoms with Gasteiger partial charge in [-0.15, -0.1) is 0 Å². The quantitative estimate of drug-likeness (QED) is 0.801. The first-order valence-electron chi connectivity index (χ1n) is 7.92. The zero-order valence-corrected chi connectivity index (χ0v) is 14.2. The Labute approximate surface area is 145 Å². The lowest BCUT2D eigenvalue weighted by Gasteiger charge is -2.20. The van der Waals surface area contributed by atoms with Crippen molar-refractivity contribution in [3.05, 3.63) is 28.2 Å². The molecule has 4 nitrogen and oxygen atoms in total. The number of fused-ring (bicyclic) bond motifs is 2. The Morgan fingerprint density at radius 2 is 2.04 bits per heavy atom. The highest BCUT2D eigenvalue weighted by atomic mass is 35.5. The van der Waals surface area contributed by atoms with Gasteiger partial charge in [-0.05, 0) is 49.1 Å². The predicted molar refractivity (Wildman–Crippen MR) is 89.6 cm³/mol. The van der Waals surface area contributed by atoms with E-state index in [2.05, 4.69) is 5.32 Å². The molecular formula is C17H19Cl2NO3. The van der Waals surface area contributed by atoms with Crippen LogP contribution in [0.5, 0.6) is 0 Å². The molecular weight excluding hydrogens is 337 g/mol. The van der Waals surface area contributed by atoms with Gasteiger partial charge in [0.1, 0.15) is 0 Å². The first-order valence-corrected chi connectivity index (χ1v) is 8.68. The number of ether oxygens (including phenoxy) is 1. The largest absolute Gasteiger partial charge is 0.456 e. The summed E-state index contributed by atoms with van der Waals surface area (Å²) >= 11 is 11.9. The van der Waals surface area contributed by atoms with Crippen molar-refractivity contribution in [3.63, 3.8) is 0 Å². The molecule has 0 spiro atoms. The van der Waals surface area contributed by atoms with E-state index in [9.17, 15) is 9.59 Å². The van der Waals surface area contributed by atoms with Crippen LogP contribution < -0.4 is 5.32 Å². The average Bonchev–Trinajstić information content (AvgIpc) is 3.12. The van der Waals surface area contributed by atoms with Crippen molar-refractivity contribution >= 4 is 40.8 Å². The summed E-state index contributed by atoms with van der Waals surface area (Å²) in [6, 6.07) is 4.96. The van der Waals surface area contributed by atoms with Gasteiger partial charge in [0.25, 0.3) is 5.91 Å². The van der Waals surface area contributed by atoms with Crippen molar-refractivity contribution in [1.82, 2.24) is 0 Å². The van der Waals surface area contributed by atoms with Gasteiger partial charge in [0.05, 0.1) is 15.7 Å². The molecule has 23 heavy (non-hydrogen) atoms. The average molecular weight is 356 g/mol. The van der Waals surface area contributed by atoms with E-state index in [-0.39, 0.29) is 17.6 Å². The van der Waals surface area contributed by atoms with E-state index >= 15 is 0 Å². The third-order valence-corrected chi connectivity index (χ3v) is 5.72. The Hall–Kier alpha value is -1.26. The highest BCUT2D eigenvalue weighted by Crippen LogP contribution is 2.49. The normalized spacial score (nSPS) is 25.4. The van der Waals surface area contributed by atoms with Crippen LogP contribution in [0.4, 0.5) is 5.69 Å². The summed E-state index contributed by atoms with van der Waals surface area (Å²) in [5, 5.41) is 3.23. The van der Waals surface area contributed by atoms with E-state index in [1.165, 1.54) is 19.3 Å². The second-order valence-corrected chi connectivity index (χ2v) is 7.23. The number of rotatable bonds is 5. The first-order chi connectivity index (χ1) is 11.0. The van der Waals surface area contributed by atoms with Crippen LogP contribution in [-0.2, 0) is 14.3 Å². The number of carbonyl (C=O) groups excluding carboxylic acids is 2. The first kappa shape index (κ1) is 16.6. The molecule has 124 valence electrons. The third kappa shape index (κ3) is 3.99. The van der Waals surface area contributed by atoms with E-state index in [4.69, 9.17) is 27.9 Å². The van der Waals surface area contributed by atoms with Crippen molar-refractivity contribution in [2.75, 3.05) is 11.9 Å². The summed E-state index contributed by atoms with van der Waals surface area (Å²) in [7, 11) is 0. The molecule has 2 aliphatic carbocycles. The van der Waals surface area contributed by atoms with Crippen LogP contribution >= 0.6 is 23.2 Å². The van der Waals surface area contributed by atoms with Crippen LogP contribution in [0.3, 0.4) is 0 Å². The smallest absolute Gasteiger partial charge is 0.306 e. The molecule has 2 bridgehead atoms. The van der Waals surface area contributed by atoms with Crippen LogP contribution in [0.2, 0.25) is 10.0 Å². The molecule has 2 saturated carbocycles. The summed E-state index contributed by atoms with van der Waals surface area (Å²) in [5.74, 6) is 1.19. The van der Waals surface area contributed by atoms with Crippen molar-refractivity contribution in [2.45, 2.75) is 32.1 Å². The fraction of sp³-hybridized carbons (Fsp3) is 0.529. The molecule has 6 heteroatoms. The van der Waals surface area contributed by atoms with Crippen molar-refractivity contribution in [1.29, 1.82) is 0 Å². The van der Waals surface area contributed by atoms with Gasteiger partial charge in [-0.1, -0.05) is 35.7 Å². The molecule has 1 aromatic carbocycles. The van der Waals surface area contributed by atoms with Crippen LogP contribution in [0.15, 0.2) is 18.2 Å². The van der Waals surface area contributed by atoms with E-state index < -0.39 is 5.91 Å². The van der Waals surface area contributed by atoms with E-state index in [1.807, 2.05) is 0 Å². The van der Waals surface area contributed by atoms with E-state index in [1.54, 1.807) is 18.2 Å². The fourth-order valence-corrected chi connectivity index (χ4v) is 4.18. The number of nitrogens with one attached hydrogen (secondary N) is 1. The van der Waals surface area contributed by atoms with Crippen LogP contribution in [0.25, 0.3) is 0 Å². The number of halogens is 2. The molecule has 0 unspecified atom stereocenters. The van der Waals surface area contributed by atoms with E-state index in [0.29, 0.717) is 29.0 Å². The van der Waals surface area contributed by atoms with Crippen molar-refractivity contribution in [3.8, 4) is 0 Å². The standard InChI is InChI=1S/C17H19Cl2NO3/c18-13-2-1-3-14(17(13)19)20-15(21)9-23-16(22)8-12-7-10-4-5-11(12)6-10/h1-3,10-12H,4-9H2,(H,20,21)/t10-,11-,12-/m0/s1. The number of esters is 1. The van der Waals surface area contributed by atoms with Crippen molar-refractivity contribution in [2.24, 2.45) is 17.8 Å². The topological polar surface area (TPSA) is 55.4 Å². The molecule has 0 heterocycles. The maximum atomic E-state index is 11.9. The zero-order chi connectivity index (χ0) is 16.4. The molecule has 0 radical (unpaired) electrons. The molecule has 3 atom stereocenters. The Balaban J connectivity index is 1.43. The summed E-state index contributed by atoms with van der Waals surface area (Å²) in [6.45, 7) is -0.303. The Bertz CT molecular complexity index is 620. The zero-order valence-electron chi connectivity index (χ0n) is 12.7. The fourth-order valence-electron chi connectivity index (χ4n) is 3.83. The number of carbonyl (C=O) groups is 2. The Morgan fingerprint density at radius 3 is 2.74 bits per heavy atom.